The van der Waals surface area contributed by atoms with E-state index in [9.17, 15) is 9.59 Å². The van der Waals surface area contributed by atoms with E-state index in [2.05, 4.69) is 0 Å². The van der Waals surface area contributed by atoms with Crippen molar-refractivity contribution in [1.82, 2.24) is 0 Å². The minimum Gasteiger partial charge on any atom is -0.469 e. The minimum absolute atomic E-state index is 0.0531. The number of halogens is 1. The van der Waals surface area contributed by atoms with Crippen LogP contribution in [0.25, 0.3) is 0 Å². The fourth-order valence-electron chi connectivity index (χ4n) is 5.22. The monoisotopic (exact) mass is 378 g/mol. The lowest BCUT2D eigenvalue weighted by molar-refractivity contribution is -0.163. The van der Waals surface area contributed by atoms with Gasteiger partial charge < -0.3 is 7.80 Å². The van der Waals surface area contributed by atoms with E-state index in [0.717, 1.165) is 32.1 Å². The number of carbonyl (C=O) groups is 2. The van der Waals surface area contributed by atoms with Crippen molar-refractivity contribution in [2.45, 2.75) is 38.5 Å². The fraction of sp³-hybridized carbons (Fsp3) is 0.857. The van der Waals surface area contributed by atoms with Gasteiger partial charge in [-0.05, 0) is 55.3 Å². The maximum Gasteiger partial charge on any atom is 0.318 e. The Kier molecular flexibility index (Phi) is 3.52. The minimum atomic E-state index is -0.102. The molecule has 0 aromatic heterocycles. The molecule has 0 aliphatic heterocycles. The van der Waals surface area contributed by atoms with E-state index in [0.29, 0.717) is 24.2 Å². The lowest BCUT2D eigenvalue weighted by Crippen LogP contribution is -2.53. The van der Waals surface area contributed by atoms with Crippen molar-refractivity contribution in [2.75, 3.05) is 7.11 Å². The van der Waals surface area contributed by atoms with Gasteiger partial charge >= 0.3 is 11.9 Å². The van der Waals surface area contributed by atoms with Gasteiger partial charge in [-0.15, -0.1) is 0 Å². The third-order valence-corrected chi connectivity index (χ3v) is 5.93. The molecule has 4 nitrogen and oxygen atoms in total. The highest BCUT2D eigenvalue weighted by Crippen LogP contribution is 2.63. The van der Waals surface area contributed by atoms with Crippen LogP contribution in [0.5, 0.6) is 0 Å². The Labute approximate surface area is 127 Å². The second kappa shape index (κ2) is 4.90. The highest BCUT2D eigenvalue weighted by Gasteiger charge is 2.58. The quantitative estimate of drug-likeness (QED) is 0.560. The number of rotatable bonds is 3. The van der Waals surface area contributed by atoms with Gasteiger partial charge in [-0.3, -0.25) is 9.59 Å². The highest BCUT2D eigenvalue weighted by molar-refractivity contribution is 14.1. The Morgan fingerprint density at radius 3 is 2.37 bits per heavy atom. The summed E-state index contributed by atoms with van der Waals surface area (Å²) in [5.41, 5.74) is 0.103. The van der Waals surface area contributed by atoms with Crippen molar-refractivity contribution >= 4 is 34.9 Å². The van der Waals surface area contributed by atoms with E-state index in [1.165, 1.54) is 7.11 Å². The Balaban J connectivity index is 1.80. The van der Waals surface area contributed by atoms with Crippen molar-refractivity contribution in [3.63, 3.8) is 0 Å². The van der Waals surface area contributed by atoms with Crippen LogP contribution in [0, 0.1) is 29.1 Å². The molecule has 4 saturated carbocycles. The summed E-state index contributed by atoms with van der Waals surface area (Å²) in [6.45, 7) is 0. The van der Waals surface area contributed by atoms with E-state index in [1.54, 1.807) is 23.0 Å². The van der Waals surface area contributed by atoms with Crippen molar-refractivity contribution in [1.29, 1.82) is 0 Å². The standard InChI is InChI=1S/C14H19IO4/c1-18-11(16)7-14-4-8-2-9(5-14)12(13(17)19-15)10(3-8)6-14/h8-10,12H,2-7H2,1H3. The van der Waals surface area contributed by atoms with Gasteiger partial charge in [0.15, 0.2) is 23.0 Å². The third-order valence-electron chi connectivity index (χ3n) is 5.50. The Bertz CT molecular complexity index is 392. The molecule has 0 aromatic rings. The molecule has 4 aliphatic carbocycles. The van der Waals surface area contributed by atoms with E-state index in [4.69, 9.17) is 7.80 Å². The molecule has 0 aromatic carbocycles. The largest absolute Gasteiger partial charge is 0.469 e. The molecule has 4 aliphatic rings. The molecule has 2 unspecified atom stereocenters. The van der Waals surface area contributed by atoms with Crippen LogP contribution < -0.4 is 0 Å². The zero-order chi connectivity index (χ0) is 13.6. The molecule has 0 heterocycles. The first kappa shape index (κ1) is 13.6. The average molecular weight is 378 g/mol. The molecule has 0 N–H and O–H groups in total. The first-order valence-corrected chi connectivity index (χ1v) is 7.84. The van der Waals surface area contributed by atoms with Crippen LogP contribution in [-0.2, 0) is 17.4 Å². The Hall–Kier alpha value is -0.330. The predicted octanol–water partition coefficient (Wildman–Crippen LogP) is 2.89. The van der Waals surface area contributed by atoms with Crippen molar-refractivity contribution < 1.29 is 17.4 Å². The normalized spacial score (nSPS) is 43.1. The van der Waals surface area contributed by atoms with Crippen molar-refractivity contribution in [3.8, 4) is 0 Å². The molecule has 0 amide bonds. The van der Waals surface area contributed by atoms with E-state index in [1.807, 2.05) is 0 Å². The summed E-state index contributed by atoms with van der Waals surface area (Å²) in [6.07, 6.45) is 5.92. The van der Waals surface area contributed by atoms with Gasteiger partial charge in [0.05, 0.1) is 19.4 Å². The summed E-state index contributed by atoms with van der Waals surface area (Å²) in [6, 6.07) is 0. The van der Waals surface area contributed by atoms with E-state index in [-0.39, 0.29) is 23.3 Å². The molecule has 0 spiro atoms. The Morgan fingerprint density at radius 1 is 1.21 bits per heavy atom. The van der Waals surface area contributed by atoms with Gasteiger partial charge in [0.1, 0.15) is 0 Å². The topological polar surface area (TPSA) is 52.6 Å². The number of carbonyl (C=O) groups excluding carboxylic acids is 2. The van der Waals surface area contributed by atoms with Gasteiger partial charge in [-0.1, -0.05) is 0 Å². The zero-order valence-electron chi connectivity index (χ0n) is 11.1. The smallest absolute Gasteiger partial charge is 0.318 e. The second-order valence-corrected chi connectivity index (χ2v) is 7.09. The molecular formula is C14H19IO4. The van der Waals surface area contributed by atoms with Crippen molar-refractivity contribution in [2.24, 2.45) is 29.1 Å². The summed E-state index contributed by atoms with van der Waals surface area (Å²) in [7, 11) is 1.46. The molecule has 0 radical (unpaired) electrons. The van der Waals surface area contributed by atoms with Crippen LogP contribution in [0.1, 0.15) is 38.5 Å². The fourth-order valence-corrected chi connectivity index (χ4v) is 5.52. The lowest BCUT2D eigenvalue weighted by atomic mass is 9.45. The number of methoxy groups -OCH3 is 1. The molecular weight excluding hydrogens is 359 g/mol. The van der Waals surface area contributed by atoms with E-state index < -0.39 is 0 Å². The van der Waals surface area contributed by atoms with Gasteiger partial charge in [0, 0.05) is 0 Å². The highest BCUT2D eigenvalue weighted by atomic mass is 127. The van der Waals surface area contributed by atoms with Crippen molar-refractivity contribution in [3.05, 3.63) is 0 Å². The summed E-state index contributed by atoms with van der Waals surface area (Å²) in [4.78, 5) is 23.6. The molecule has 106 valence electrons. The lowest BCUT2D eigenvalue weighted by Gasteiger charge is -2.59. The number of hydrogen-bond donors (Lipinski definition) is 0. The van der Waals surface area contributed by atoms with Gasteiger partial charge in [-0.2, -0.15) is 0 Å². The SMILES string of the molecule is COC(=O)CC12CC3CC(C1)C(C(=O)OI)C(C3)C2. The molecule has 2 atom stereocenters. The average Bonchev–Trinajstić information content (AvgIpc) is 2.36. The molecule has 0 saturated heterocycles. The van der Waals surface area contributed by atoms with Crippen LogP contribution in [0.15, 0.2) is 0 Å². The summed E-state index contributed by atoms with van der Waals surface area (Å²) in [5, 5.41) is 0. The van der Waals surface area contributed by atoms with Gasteiger partial charge in [0.25, 0.3) is 0 Å². The summed E-state index contributed by atoms with van der Waals surface area (Å²) >= 11 is 1.70. The number of hydrogen-bond acceptors (Lipinski definition) is 4. The molecule has 19 heavy (non-hydrogen) atoms. The first-order chi connectivity index (χ1) is 9.07. The maximum atomic E-state index is 12.0. The zero-order valence-corrected chi connectivity index (χ0v) is 13.2. The van der Waals surface area contributed by atoms with E-state index >= 15 is 0 Å². The molecule has 4 bridgehead atoms. The third kappa shape index (κ3) is 2.28. The van der Waals surface area contributed by atoms with Gasteiger partial charge in [0.2, 0.25) is 0 Å². The number of ether oxygens (including phenoxy) is 1. The van der Waals surface area contributed by atoms with Crippen LogP contribution in [0.2, 0.25) is 0 Å². The van der Waals surface area contributed by atoms with Crippen LogP contribution in [-0.4, -0.2) is 19.0 Å². The van der Waals surface area contributed by atoms with Crippen LogP contribution >= 0.6 is 23.0 Å². The van der Waals surface area contributed by atoms with Gasteiger partial charge in [-0.25, -0.2) is 0 Å². The Morgan fingerprint density at radius 2 is 1.84 bits per heavy atom. The molecule has 4 fully saturated rings. The molecule has 5 heteroatoms. The maximum absolute atomic E-state index is 12.0. The predicted molar refractivity (Wildman–Crippen MR) is 76.2 cm³/mol. The second-order valence-electron chi connectivity index (χ2n) is 6.64. The van der Waals surface area contributed by atoms with Crippen LogP contribution in [0.4, 0.5) is 0 Å². The number of esters is 1. The summed E-state index contributed by atoms with van der Waals surface area (Å²) < 4.78 is 9.80. The van der Waals surface area contributed by atoms with Crippen LogP contribution in [0.3, 0.4) is 0 Å². The first-order valence-electron chi connectivity index (χ1n) is 6.96. The summed E-state index contributed by atoms with van der Waals surface area (Å²) in [5.74, 6) is 1.44. The molecule has 4 rings (SSSR count).